The molecule has 0 spiro atoms. The minimum absolute atomic E-state index is 0.683. The van der Waals surface area contributed by atoms with Gasteiger partial charge in [-0.05, 0) is 41.5 Å². The normalized spacial score (nSPS) is 14.5. The maximum absolute atomic E-state index is 12.0. The number of ether oxygens (including phenoxy) is 3. The predicted molar refractivity (Wildman–Crippen MR) is 82.6 cm³/mol. The zero-order valence-corrected chi connectivity index (χ0v) is 15.5. The minimum atomic E-state index is -4.47. The Morgan fingerprint density at radius 2 is 1.30 bits per heavy atom. The quantitative estimate of drug-likeness (QED) is 0.420. The van der Waals surface area contributed by atoms with Crippen LogP contribution in [0, 0.1) is 10.8 Å². The van der Waals surface area contributed by atoms with Gasteiger partial charge in [-0.25, -0.2) is 0 Å². The highest BCUT2D eigenvalue weighted by molar-refractivity contribution is 7.51. The molecule has 0 aromatic carbocycles. The SMILES string of the molecule is COC(CP(=O)(O)O)C(OC(=O)C(C)(C)C)OC(=O)C(C)(C)C. The first-order chi connectivity index (χ1) is 10.1. The molecule has 0 aliphatic carbocycles. The Morgan fingerprint density at radius 1 is 0.957 bits per heavy atom. The highest BCUT2D eigenvalue weighted by Gasteiger charge is 2.38. The van der Waals surface area contributed by atoms with Crippen molar-refractivity contribution in [3.05, 3.63) is 0 Å². The van der Waals surface area contributed by atoms with Crippen LogP contribution in [-0.2, 0) is 28.4 Å². The molecule has 0 fully saturated rings. The van der Waals surface area contributed by atoms with Gasteiger partial charge in [0.05, 0.1) is 17.0 Å². The third-order valence-corrected chi connectivity index (χ3v) is 3.53. The number of rotatable bonds is 6. The number of esters is 2. The summed E-state index contributed by atoms with van der Waals surface area (Å²) in [7, 11) is -3.28. The van der Waals surface area contributed by atoms with Crippen LogP contribution in [0.15, 0.2) is 0 Å². The smallest absolute Gasteiger partial charge is 0.328 e. The third kappa shape index (κ3) is 8.46. The van der Waals surface area contributed by atoms with Gasteiger partial charge >= 0.3 is 19.5 Å². The molecule has 136 valence electrons. The van der Waals surface area contributed by atoms with E-state index in [1.807, 2.05) is 0 Å². The fourth-order valence-electron chi connectivity index (χ4n) is 1.25. The first kappa shape index (κ1) is 22.1. The van der Waals surface area contributed by atoms with Crippen molar-refractivity contribution in [3.8, 4) is 0 Å². The number of methoxy groups -OCH3 is 1. The summed E-state index contributed by atoms with van der Waals surface area (Å²) >= 11 is 0. The van der Waals surface area contributed by atoms with Gasteiger partial charge in [0.1, 0.15) is 6.10 Å². The van der Waals surface area contributed by atoms with Crippen molar-refractivity contribution in [3.63, 3.8) is 0 Å². The second-order valence-corrected chi connectivity index (χ2v) is 8.99. The lowest BCUT2D eigenvalue weighted by Gasteiger charge is -2.30. The topological polar surface area (TPSA) is 119 Å². The molecule has 0 aromatic heterocycles. The van der Waals surface area contributed by atoms with E-state index in [4.69, 9.17) is 24.0 Å². The van der Waals surface area contributed by atoms with Crippen LogP contribution in [-0.4, -0.2) is 47.4 Å². The van der Waals surface area contributed by atoms with E-state index in [-0.39, 0.29) is 0 Å². The molecule has 0 bridgehead atoms. The van der Waals surface area contributed by atoms with Crippen LogP contribution in [0.2, 0.25) is 0 Å². The van der Waals surface area contributed by atoms with Crippen LogP contribution in [0.3, 0.4) is 0 Å². The number of carbonyl (C=O) groups is 2. The summed E-state index contributed by atoms with van der Waals surface area (Å²) < 4.78 is 26.4. The number of carbonyl (C=O) groups excluding carboxylic acids is 2. The lowest BCUT2D eigenvalue weighted by Crippen LogP contribution is -2.43. The summed E-state index contributed by atoms with van der Waals surface area (Å²) in [6.07, 6.45) is -3.58. The maximum atomic E-state index is 12.0. The molecular weight excluding hydrogens is 327 g/mol. The molecule has 0 aromatic rings. The van der Waals surface area contributed by atoms with Gasteiger partial charge in [-0.1, -0.05) is 0 Å². The number of hydrogen-bond donors (Lipinski definition) is 2. The van der Waals surface area contributed by atoms with Gasteiger partial charge in [0.25, 0.3) is 6.29 Å². The highest BCUT2D eigenvalue weighted by Crippen LogP contribution is 2.37. The Hall–Kier alpha value is -0.950. The molecule has 1 unspecified atom stereocenters. The van der Waals surface area contributed by atoms with Gasteiger partial charge in [-0.3, -0.25) is 14.2 Å². The molecule has 2 N–H and O–H groups in total. The van der Waals surface area contributed by atoms with Gasteiger partial charge in [0.15, 0.2) is 0 Å². The Balaban J connectivity index is 5.39. The van der Waals surface area contributed by atoms with E-state index in [0.717, 1.165) is 0 Å². The van der Waals surface area contributed by atoms with Crippen molar-refractivity contribution < 1.29 is 38.2 Å². The summed E-state index contributed by atoms with van der Waals surface area (Å²) in [6.45, 7) is 9.60. The molecule has 0 saturated carbocycles. The lowest BCUT2D eigenvalue weighted by atomic mass is 9.97. The zero-order valence-electron chi connectivity index (χ0n) is 14.7. The summed E-state index contributed by atoms with van der Waals surface area (Å²) in [5, 5.41) is 0. The second-order valence-electron chi connectivity index (χ2n) is 7.30. The van der Waals surface area contributed by atoms with E-state index < -0.39 is 48.9 Å². The average molecular weight is 354 g/mol. The van der Waals surface area contributed by atoms with Crippen molar-refractivity contribution >= 4 is 19.5 Å². The Labute approximate surface area is 136 Å². The van der Waals surface area contributed by atoms with Crippen molar-refractivity contribution in [1.29, 1.82) is 0 Å². The average Bonchev–Trinajstić information content (AvgIpc) is 2.31. The summed E-state index contributed by atoms with van der Waals surface area (Å²) in [4.78, 5) is 42.3. The van der Waals surface area contributed by atoms with E-state index in [9.17, 15) is 14.2 Å². The minimum Gasteiger partial charge on any atom is -0.422 e. The van der Waals surface area contributed by atoms with Gasteiger partial charge in [0, 0.05) is 7.11 Å². The molecule has 8 nitrogen and oxygen atoms in total. The van der Waals surface area contributed by atoms with Crippen LogP contribution in [0.25, 0.3) is 0 Å². The number of hydrogen-bond acceptors (Lipinski definition) is 6. The van der Waals surface area contributed by atoms with E-state index in [1.165, 1.54) is 7.11 Å². The van der Waals surface area contributed by atoms with E-state index in [1.54, 1.807) is 41.5 Å². The maximum Gasteiger partial charge on any atom is 0.328 e. The summed E-state index contributed by atoms with van der Waals surface area (Å²) in [5.74, 6) is -1.37. The fraction of sp³-hybridized carbons (Fsp3) is 0.857. The zero-order chi connectivity index (χ0) is 18.6. The predicted octanol–water partition coefficient (Wildman–Crippen LogP) is 1.68. The molecule has 0 aliphatic rings. The largest absolute Gasteiger partial charge is 0.422 e. The van der Waals surface area contributed by atoms with Crippen LogP contribution in [0.5, 0.6) is 0 Å². The molecular formula is C14H27O8P. The van der Waals surface area contributed by atoms with Crippen LogP contribution in [0.4, 0.5) is 0 Å². The summed E-state index contributed by atoms with van der Waals surface area (Å²) in [5.41, 5.74) is -1.76. The first-order valence-electron chi connectivity index (χ1n) is 7.07. The molecule has 0 heterocycles. The fourth-order valence-corrected chi connectivity index (χ4v) is 2.04. The van der Waals surface area contributed by atoms with Gasteiger partial charge in [0.2, 0.25) is 0 Å². The molecule has 0 saturated heterocycles. The molecule has 0 amide bonds. The van der Waals surface area contributed by atoms with E-state index in [0.29, 0.717) is 0 Å². The lowest BCUT2D eigenvalue weighted by molar-refractivity contribution is -0.217. The van der Waals surface area contributed by atoms with Crippen molar-refractivity contribution in [2.75, 3.05) is 13.3 Å². The van der Waals surface area contributed by atoms with Crippen molar-refractivity contribution in [2.24, 2.45) is 10.8 Å². The first-order valence-corrected chi connectivity index (χ1v) is 8.87. The third-order valence-electron chi connectivity index (χ3n) is 2.70. The molecule has 1 atom stereocenters. The van der Waals surface area contributed by atoms with Gasteiger partial charge in [-0.2, -0.15) is 0 Å². The Morgan fingerprint density at radius 3 is 1.52 bits per heavy atom. The summed E-state index contributed by atoms with van der Waals surface area (Å²) in [6, 6.07) is 0. The second kappa shape index (κ2) is 7.75. The van der Waals surface area contributed by atoms with Crippen LogP contribution in [0.1, 0.15) is 41.5 Å². The Bertz CT molecular complexity index is 440. The monoisotopic (exact) mass is 354 g/mol. The van der Waals surface area contributed by atoms with Crippen molar-refractivity contribution in [1.82, 2.24) is 0 Å². The Kier molecular flexibility index (Phi) is 7.43. The van der Waals surface area contributed by atoms with Gasteiger partial charge in [-0.15, -0.1) is 0 Å². The molecule has 23 heavy (non-hydrogen) atoms. The van der Waals surface area contributed by atoms with Gasteiger partial charge < -0.3 is 24.0 Å². The molecule has 0 aliphatic heterocycles. The molecule has 0 radical (unpaired) electrons. The van der Waals surface area contributed by atoms with E-state index in [2.05, 4.69) is 0 Å². The van der Waals surface area contributed by atoms with Crippen molar-refractivity contribution in [2.45, 2.75) is 53.9 Å². The van der Waals surface area contributed by atoms with Crippen LogP contribution < -0.4 is 0 Å². The van der Waals surface area contributed by atoms with E-state index >= 15 is 0 Å². The standard InChI is InChI=1S/C14H27O8P/c1-13(2,3)11(15)21-10(22-12(16)14(4,5)6)9(20-7)8-23(17,18)19/h9-10H,8H2,1-7H3,(H2,17,18,19). The van der Waals surface area contributed by atoms with Crippen LogP contribution >= 0.6 is 7.60 Å². The highest BCUT2D eigenvalue weighted by atomic mass is 31.2. The molecule has 9 heteroatoms. The molecule has 0 rings (SSSR count).